The van der Waals surface area contributed by atoms with Crippen molar-refractivity contribution in [2.45, 2.75) is 0 Å². The summed E-state index contributed by atoms with van der Waals surface area (Å²) in [7, 11) is 1.90. The predicted molar refractivity (Wildman–Crippen MR) is 75.0 cm³/mol. The fourth-order valence-corrected chi connectivity index (χ4v) is 2.04. The van der Waals surface area contributed by atoms with E-state index >= 15 is 0 Å². The number of ether oxygens (including phenoxy) is 1. The molecule has 0 bridgehead atoms. The van der Waals surface area contributed by atoms with Gasteiger partial charge in [-0.25, -0.2) is 0 Å². The van der Waals surface area contributed by atoms with Crippen molar-refractivity contribution in [1.29, 1.82) is 0 Å². The maximum absolute atomic E-state index is 12.1. The van der Waals surface area contributed by atoms with Crippen LogP contribution in [0.5, 0.6) is 0 Å². The normalized spacial score (nSPS) is 14.8. The zero-order valence-corrected chi connectivity index (χ0v) is 11.1. The lowest BCUT2D eigenvalue weighted by Crippen LogP contribution is -2.45. The maximum Gasteiger partial charge on any atom is 0.242 e. The van der Waals surface area contributed by atoms with E-state index in [9.17, 15) is 4.79 Å². The van der Waals surface area contributed by atoms with Crippen LogP contribution in [0.25, 0.3) is 0 Å². The summed E-state index contributed by atoms with van der Waals surface area (Å²) in [6.45, 7) is 2.96. The second-order valence-electron chi connectivity index (χ2n) is 4.54. The molecule has 0 atom stereocenters. The van der Waals surface area contributed by atoms with Crippen LogP contribution in [0.15, 0.2) is 24.3 Å². The van der Waals surface area contributed by atoms with Crippen molar-refractivity contribution in [3.8, 4) is 12.3 Å². The van der Waals surface area contributed by atoms with Crippen LogP contribution in [0.4, 0.5) is 5.69 Å². The van der Waals surface area contributed by atoms with E-state index in [4.69, 9.17) is 11.2 Å². The van der Waals surface area contributed by atoms with Gasteiger partial charge in [-0.15, -0.1) is 6.42 Å². The molecule has 0 spiro atoms. The van der Waals surface area contributed by atoms with Gasteiger partial charge < -0.3 is 14.5 Å². The number of amides is 1. The van der Waals surface area contributed by atoms with Gasteiger partial charge in [-0.3, -0.25) is 4.79 Å². The number of anilines is 1. The second-order valence-corrected chi connectivity index (χ2v) is 4.54. The number of carbonyl (C=O) groups is 1. The van der Waals surface area contributed by atoms with Gasteiger partial charge in [0.1, 0.15) is 0 Å². The average molecular weight is 258 g/mol. The Morgan fingerprint density at radius 2 is 2.21 bits per heavy atom. The highest BCUT2D eigenvalue weighted by Crippen LogP contribution is 2.14. The van der Waals surface area contributed by atoms with Crippen LogP contribution < -0.4 is 4.90 Å². The molecule has 0 aliphatic carbocycles. The molecule has 1 aliphatic rings. The van der Waals surface area contributed by atoms with E-state index in [-0.39, 0.29) is 5.91 Å². The summed E-state index contributed by atoms with van der Waals surface area (Å²) < 4.78 is 5.24. The van der Waals surface area contributed by atoms with Gasteiger partial charge in [0.15, 0.2) is 0 Å². The van der Waals surface area contributed by atoms with Gasteiger partial charge in [-0.1, -0.05) is 12.0 Å². The van der Waals surface area contributed by atoms with E-state index in [0.717, 1.165) is 11.3 Å². The molecule has 19 heavy (non-hydrogen) atoms. The molecular formula is C15H18N2O2. The summed E-state index contributed by atoms with van der Waals surface area (Å²) in [5.41, 5.74) is 1.78. The van der Waals surface area contributed by atoms with Crippen LogP contribution in [0.3, 0.4) is 0 Å². The number of morpholine rings is 1. The van der Waals surface area contributed by atoms with Crippen molar-refractivity contribution in [3.63, 3.8) is 0 Å². The number of likely N-dealkylation sites (N-methyl/N-ethyl adjacent to an activating group) is 1. The zero-order chi connectivity index (χ0) is 13.7. The Hall–Kier alpha value is -1.99. The highest BCUT2D eigenvalue weighted by atomic mass is 16.5. The summed E-state index contributed by atoms with van der Waals surface area (Å²) in [5.74, 6) is 2.72. The maximum atomic E-state index is 12.1. The zero-order valence-electron chi connectivity index (χ0n) is 11.1. The monoisotopic (exact) mass is 258 g/mol. The fourth-order valence-electron chi connectivity index (χ4n) is 2.04. The predicted octanol–water partition coefficient (Wildman–Crippen LogP) is 0.963. The third-order valence-corrected chi connectivity index (χ3v) is 3.19. The van der Waals surface area contributed by atoms with Crippen molar-refractivity contribution in [2.24, 2.45) is 0 Å². The molecule has 1 aromatic carbocycles. The van der Waals surface area contributed by atoms with Gasteiger partial charge in [0.25, 0.3) is 0 Å². The third kappa shape index (κ3) is 3.49. The molecule has 1 amide bonds. The fraction of sp³-hybridized carbons (Fsp3) is 0.400. The first-order chi connectivity index (χ1) is 9.20. The molecule has 1 saturated heterocycles. The molecular weight excluding hydrogens is 240 g/mol. The van der Waals surface area contributed by atoms with E-state index in [1.165, 1.54) is 0 Å². The van der Waals surface area contributed by atoms with Crippen molar-refractivity contribution in [2.75, 3.05) is 44.8 Å². The molecule has 2 rings (SSSR count). The number of nitrogens with zero attached hydrogens (tertiary/aromatic N) is 2. The van der Waals surface area contributed by atoms with Crippen molar-refractivity contribution >= 4 is 11.6 Å². The molecule has 0 aromatic heterocycles. The van der Waals surface area contributed by atoms with Crippen molar-refractivity contribution in [3.05, 3.63) is 29.8 Å². The van der Waals surface area contributed by atoms with Gasteiger partial charge in [-0.2, -0.15) is 0 Å². The lowest BCUT2D eigenvalue weighted by atomic mass is 10.2. The Morgan fingerprint density at radius 3 is 2.89 bits per heavy atom. The highest BCUT2D eigenvalue weighted by molar-refractivity contribution is 5.81. The minimum atomic E-state index is 0.122. The Labute approximate surface area is 114 Å². The summed E-state index contributed by atoms with van der Waals surface area (Å²) in [6, 6.07) is 7.64. The van der Waals surface area contributed by atoms with Gasteiger partial charge in [0, 0.05) is 31.4 Å². The first kappa shape index (κ1) is 13.4. The first-order valence-electron chi connectivity index (χ1n) is 6.34. The standard InChI is InChI=1S/C15H18N2O2/c1-3-13-5-4-6-14(11-13)16(2)12-15(18)17-7-9-19-10-8-17/h1,4-6,11H,7-10,12H2,2H3. The van der Waals surface area contributed by atoms with Crippen LogP contribution in [0, 0.1) is 12.3 Å². The molecule has 1 fully saturated rings. The van der Waals surface area contributed by atoms with Crippen LogP contribution >= 0.6 is 0 Å². The lowest BCUT2D eigenvalue weighted by molar-refractivity contribution is -0.133. The van der Waals surface area contributed by atoms with Crippen LogP contribution in [0.1, 0.15) is 5.56 Å². The van der Waals surface area contributed by atoms with Gasteiger partial charge >= 0.3 is 0 Å². The molecule has 0 saturated carbocycles. The quantitative estimate of drug-likeness (QED) is 0.757. The molecule has 4 nitrogen and oxygen atoms in total. The van der Waals surface area contributed by atoms with E-state index in [1.807, 2.05) is 41.1 Å². The first-order valence-corrected chi connectivity index (χ1v) is 6.34. The summed E-state index contributed by atoms with van der Waals surface area (Å²) in [4.78, 5) is 15.9. The molecule has 1 heterocycles. The average Bonchev–Trinajstić information content (AvgIpc) is 2.48. The molecule has 4 heteroatoms. The topological polar surface area (TPSA) is 32.8 Å². The molecule has 0 N–H and O–H groups in total. The Morgan fingerprint density at radius 1 is 1.47 bits per heavy atom. The second kappa shape index (κ2) is 6.26. The third-order valence-electron chi connectivity index (χ3n) is 3.19. The number of terminal acetylenes is 1. The molecule has 1 aromatic rings. The number of hydrogen-bond acceptors (Lipinski definition) is 3. The Bertz CT molecular complexity index is 487. The molecule has 0 radical (unpaired) electrons. The van der Waals surface area contributed by atoms with E-state index in [1.54, 1.807) is 0 Å². The lowest BCUT2D eigenvalue weighted by Gasteiger charge is -2.29. The van der Waals surface area contributed by atoms with Gasteiger partial charge in [0.2, 0.25) is 5.91 Å². The van der Waals surface area contributed by atoms with E-state index < -0.39 is 0 Å². The Kier molecular flexibility index (Phi) is 4.43. The largest absolute Gasteiger partial charge is 0.378 e. The van der Waals surface area contributed by atoms with Crippen LogP contribution in [0.2, 0.25) is 0 Å². The highest BCUT2D eigenvalue weighted by Gasteiger charge is 2.18. The molecule has 100 valence electrons. The van der Waals surface area contributed by atoms with Crippen LogP contribution in [-0.2, 0) is 9.53 Å². The molecule has 1 aliphatic heterocycles. The number of carbonyl (C=O) groups excluding carboxylic acids is 1. The van der Waals surface area contributed by atoms with Crippen molar-refractivity contribution in [1.82, 2.24) is 4.90 Å². The summed E-state index contributed by atoms with van der Waals surface area (Å²) >= 11 is 0. The smallest absolute Gasteiger partial charge is 0.242 e. The summed E-state index contributed by atoms with van der Waals surface area (Å²) in [5, 5.41) is 0. The number of hydrogen-bond donors (Lipinski definition) is 0. The van der Waals surface area contributed by atoms with Gasteiger partial charge in [0.05, 0.1) is 19.8 Å². The SMILES string of the molecule is C#Cc1cccc(N(C)CC(=O)N2CCOCC2)c1. The van der Waals surface area contributed by atoms with Crippen LogP contribution in [-0.4, -0.2) is 50.7 Å². The number of rotatable bonds is 3. The van der Waals surface area contributed by atoms with E-state index in [0.29, 0.717) is 32.8 Å². The summed E-state index contributed by atoms with van der Waals surface area (Å²) in [6.07, 6.45) is 5.38. The van der Waals surface area contributed by atoms with Crippen molar-refractivity contribution < 1.29 is 9.53 Å². The Balaban J connectivity index is 1.97. The number of benzene rings is 1. The minimum absolute atomic E-state index is 0.122. The minimum Gasteiger partial charge on any atom is -0.378 e. The molecule has 0 unspecified atom stereocenters. The van der Waals surface area contributed by atoms with E-state index in [2.05, 4.69) is 5.92 Å². The van der Waals surface area contributed by atoms with Gasteiger partial charge in [-0.05, 0) is 18.2 Å².